The van der Waals surface area contributed by atoms with Crippen LogP contribution >= 0.6 is 0 Å². The van der Waals surface area contributed by atoms with Crippen molar-refractivity contribution in [2.75, 3.05) is 18.0 Å². The predicted molar refractivity (Wildman–Crippen MR) is 131 cm³/mol. The molecule has 0 N–H and O–H groups in total. The molecule has 2 aliphatic rings. The lowest BCUT2D eigenvalue weighted by Gasteiger charge is -2.41. The molecule has 4 nitrogen and oxygen atoms in total. The molecule has 6 heteroatoms. The summed E-state index contributed by atoms with van der Waals surface area (Å²) in [5, 5.41) is 0. The zero-order chi connectivity index (χ0) is 23.7. The second-order valence-electron chi connectivity index (χ2n) is 8.92. The van der Waals surface area contributed by atoms with E-state index in [9.17, 15) is 8.78 Å². The van der Waals surface area contributed by atoms with Gasteiger partial charge < -0.3 is 4.90 Å². The summed E-state index contributed by atoms with van der Waals surface area (Å²) in [5.41, 5.74) is 4.09. The molecule has 2 unspecified atom stereocenters. The average molecular weight is 457 g/mol. The number of aromatic nitrogens is 2. The third-order valence-electron chi connectivity index (χ3n) is 6.70. The van der Waals surface area contributed by atoms with E-state index in [-0.39, 0.29) is 11.8 Å². The molecule has 0 radical (unpaired) electrons. The van der Waals surface area contributed by atoms with Crippen LogP contribution in [0.15, 0.2) is 90.3 Å². The highest BCUT2D eigenvalue weighted by molar-refractivity contribution is 5.95. The van der Waals surface area contributed by atoms with E-state index in [0.29, 0.717) is 36.2 Å². The van der Waals surface area contributed by atoms with Gasteiger partial charge in [0.2, 0.25) is 0 Å². The van der Waals surface area contributed by atoms with Crippen molar-refractivity contribution in [3.63, 3.8) is 0 Å². The Kier molecular flexibility index (Phi) is 6.05. The van der Waals surface area contributed by atoms with Crippen LogP contribution in [0.4, 0.5) is 14.5 Å². The summed E-state index contributed by atoms with van der Waals surface area (Å²) in [6.07, 6.45) is 7.78. The first-order valence-electron chi connectivity index (χ1n) is 11.5. The zero-order valence-electron chi connectivity index (χ0n) is 19.0. The molecule has 0 spiro atoms. The lowest BCUT2D eigenvalue weighted by Crippen LogP contribution is -2.45. The molecule has 1 saturated heterocycles. The van der Waals surface area contributed by atoms with Gasteiger partial charge in [-0.1, -0.05) is 43.0 Å². The molecular weight excluding hydrogens is 430 g/mol. The summed E-state index contributed by atoms with van der Waals surface area (Å²) in [4.78, 5) is 14.9. The van der Waals surface area contributed by atoms with Crippen LogP contribution in [0.1, 0.15) is 42.1 Å². The minimum atomic E-state index is -0.791. The summed E-state index contributed by atoms with van der Waals surface area (Å²) < 4.78 is 29.2. The maximum absolute atomic E-state index is 14.7. The van der Waals surface area contributed by atoms with Crippen molar-refractivity contribution >= 4 is 11.4 Å². The van der Waals surface area contributed by atoms with Gasteiger partial charge in [0.25, 0.3) is 0 Å². The van der Waals surface area contributed by atoms with Crippen LogP contribution in [-0.2, 0) is 0 Å². The first-order chi connectivity index (χ1) is 16.5. The van der Waals surface area contributed by atoms with Gasteiger partial charge in [0.1, 0.15) is 0 Å². The van der Waals surface area contributed by atoms with Gasteiger partial charge in [0, 0.05) is 37.6 Å². The van der Waals surface area contributed by atoms with Crippen molar-refractivity contribution in [1.82, 2.24) is 9.97 Å². The summed E-state index contributed by atoms with van der Waals surface area (Å²) in [5.74, 6) is -0.352. The van der Waals surface area contributed by atoms with Crippen LogP contribution in [0, 0.1) is 17.6 Å². The van der Waals surface area contributed by atoms with Crippen molar-refractivity contribution in [3.05, 3.63) is 114 Å². The highest BCUT2D eigenvalue weighted by Gasteiger charge is 2.41. The Morgan fingerprint density at radius 2 is 1.79 bits per heavy atom. The van der Waals surface area contributed by atoms with Crippen LogP contribution in [0.25, 0.3) is 0 Å². The van der Waals surface area contributed by atoms with Gasteiger partial charge >= 0.3 is 0 Å². The normalized spacial score (nSPS) is 20.7. The Bertz CT molecular complexity index is 1250. The molecule has 2 fully saturated rings. The molecule has 172 valence electrons. The van der Waals surface area contributed by atoms with E-state index in [2.05, 4.69) is 33.7 Å². The fourth-order valence-electron chi connectivity index (χ4n) is 4.60. The molecule has 0 amide bonds. The van der Waals surface area contributed by atoms with E-state index in [1.807, 2.05) is 36.1 Å². The maximum Gasteiger partial charge on any atom is 0.182 e. The number of anilines is 1. The Hall–Kier alpha value is -3.67. The quantitative estimate of drug-likeness (QED) is 0.321. The van der Waals surface area contributed by atoms with Gasteiger partial charge in [0.05, 0.1) is 11.4 Å². The molecule has 5 rings (SSSR count). The highest BCUT2D eigenvalue weighted by atomic mass is 19.2. The van der Waals surface area contributed by atoms with E-state index in [4.69, 9.17) is 0 Å². The second kappa shape index (κ2) is 9.29. The van der Waals surface area contributed by atoms with Crippen LogP contribution in [0.3, 0.4) is 0 Å². The van der Waals surface area contributed by atoms with Crippen LogP contribution in [0.2, 0.25) is 0 Å². The lowest BCUT2D eigenvalue weighted by atomic mass is 9.90. The standard InChI is InChI=1S/C28H26F2N4/c1-3-19(15-33-18(2)28-31-10-7-11-32-28)23-14-24(23)21-12-25(29)27(30)26(13-21)34-16-22(17-34)20-8-5-4-6-9-20/h3-13,15,22-24H,1,14,16-17H2,2H3/b19-15+,33-18?. The Labute approximate surface area is 198 Å². The molecule has 1 aliphatic heterocycles. The van der Waals surface area contributed by atoms with Crippen LogP contribution in [0.5, 0.6) is 0 Å². The van der Waals surface area contributed by atoms with E-state index >= 15 is 0 Å². The lowest BCUT2D eigenvalue weighted by molar-refractivity contribution is 0.477. The number of halogens is 2. The monoisotopic (exact) mass is 456 g/mol. The third kappa shape index (κ3) is 4.40. The topological polar surface area (TPSA) is 41.4 Å². The molecule has 2 heterocycles. The van der Waals surface area contributed by atoms with Crippen molar-refractivity contribution in [1.29, 1.82) is 0 Å². The highest BCUT2D eigenvalue weighted by Crippen LogP contribution is 2.53. The largest absolute Gasteiger partial charge is 0.368 e. The fraction of sp³-hybridized carbons (Fsp3) is 0.250. The second-order valence-corrected chi connectivity index (χ2v) is 8.92. The number of benzene rings is 2. The van der Waals surface area contributed by atoms with E-state index in [0.717, 1.165) is 17.6 Å². The molecule has 34 heavy (non-hydrogen) atoms. The minimum absolute atomic E-state index is 0.118. The van der Waals surface area contributed by atoms with Gasteiger partial charge in [-0.15, -0.1) is 0 Å². The molecule has 1 aliphatic carbocycles. The smallest absolute Gasteiger partial charge is 0.182 e. The summed E-state index contributed by atoms with van der Waals surface area (Å²) in [6.45, 7) is 7.15. The third-order valence-corrected chi connectivity index (χ3v) is 6.70. The van der Waals surface area contributed by atoms with Gasteiger partial charge in [-0.3, -0.25) is 4.99 Å². The van der Waals surface area contributed by atoms with Crippen LogP contribution < -0.4 is 4.90 Å². The van der Waals surface area contributed by atoms with Crippen molar-refractivity contribution in [2.24, 2.45) is 10.9 Å². The summed E-state index contributed by atoms with van der Waals surface area (Å²) >= 11 is 0. The number of aliphatic imine (C=N–C) groups is 1. The Morgan fingerprint density at radius 3 is 2.50 bits per heavy atom. The van der Waals surface area contributed by atoms with E-state index in [1.54, 1.807) is 30.7 Å². The number of nitrogens with zero attached hydrogens (tertiary/aromatic N) is 4. The summed E-state index contributed by atoms with van der Waals surface area (Å²) in [6, 6.07) is 15.1. The van der Waals surface area contributed by atoms with Gasteiger partial charge in [-0.25, -0.2) is 18.7 Å². The van der Waals surface area contributed by atoms with Crippen LogP contribution in [-0.4, -0.2) is 28.8 Å². The number of rotatable bonds is 7. The Morgan fingerprint density at radius 1 is 1.06 bits per heavy atom. The molecule has 2 atom stereocenters. The van der Waals surface area contributed by atoms with Crippen molar-refractivity contribution in [3.8, 4) is 0 Å². The predicted octanol–water partition coefficient (Wildman–Crippen LogP) is 6.04. The number of hydrogen-bond donors (Lipinski definition) is 0. The van der Waals surface area contributed by atoms with Gasteiger partial charge in [-0.2, -0.15) is 0 Å². The minimum Gasteiger partial charge on any atom is -0.368 e. The van der Waals surface area contributed by atoms with Gasteiger partial charge in [-0.05, 0) is 60.1 Å². The molecule has 1 saturated carbocycles. The van der Waals surface area contributed by atoms with Crippen molar-refractivity contribution in [2.45, 2.75) is 25.2 Å². The fourth-order valence-corrected chi connectivity index (χ4v) is 4.60. The molecular formula is C28H26F2N4. The first-order valence-corrected chi connectivity index (χ1v) is 11.5. The maximum atomic E-state index is 14.7. The molecule has 2 aromatic carbocycles. The van der Waals surface area contributed by atoms with E-state index < -0.39 is 11.6 Å². The SMILES string of the molecule is C=C/C(=C\N=C(C)c1ncccn1)C1CC1c1cc(F)c(F)c(N2CC(c3ccccc3)C2)c1. The van der Waals surface area contributed by atoms with Crippen molar-refractivity contribution < 1.29 is 8.78 Å². The molecule has 0 bridgehead atoms. The average Bonchev–Trinajstić information content (AvgIpc) is 3.63. The molecule has 3 aromatic rings. The number of hydrogen-bond acceptors (Lipinski definition) is 4. The summed E-state index contributed by atoms with van der Waals surface area (Å²) in [7, 11) is 0. The van der Waals surface area contributed by atoms with E-state index in [1.165, 1.54) is 11.6 Å². The Balaban J connectivity index is 1.31. The zero-order valence-corrected chi connectivity index (χ0v) is 19.0. The molecule has 1 aromatic heterocycles. The number of allylic oxidation sites excluding steroid dienone is 2. The first kappa shape index (κ1) is 22.1. The van der Waals surface area contributed by atoms with Gasteiger partial charge in [0.15, 0.2) is 17.5 Å².